The summed E-state index contributed by atoms with van der Waals surface area (Å²) in [5.41, 5.74) is 7.25. The van der Waals surface area contributed by atoms with E-state index in [4.69, 9.17) is 0 Å². The molecule has 29 heavy (non-hydrogen) atoms. The van der Waals surface area contributed by atoms with Gasteiger partial charge in [-0.1, -0.05) is 35.3 Å². The number of aromatic nitrogens is 1. The molecule has 0 saturated carbocycles. The third kappa shape index (κ3) is 3.45. The monoisotopic (exact) mass is 400 g/mol. The maximum absolute atomic E-state index is 12.9. The van der Waals surface area contributed by atoms with Gasteiger partial charge in [-0.05, 0) is 74.5 Å². The van der Waals surface area contributed by atoms with Gasteiger partial charge in [-0.2, -0.15) is 0 Å². The number of carbonyl (C=O) groups is 2. The number of rotatable bonds is 3. The molecule has 144 valence electrons. The number of anilines is 1. The number of amides is 2. The van der Waals surface area contributed by atoms with E-state index < -0.39 is 0 Å². The average molecular weight is 400 g/mol. The fourth-order valence-electron chi connectivity index (χ4n) is 3.60. The van der Waals surface area contributed by atoms with E-state index in [1.165, 1.54) is 15.9 Å². The van der Waals surface area contributed by atoms with Gasteiger partial charge in [0.05, 0.1) is 10.6 Å². The van der Waals surface area contributed by atoms with E-state index in [0.29, 0.717) is 10.6 Å². The van der Waals surface area contributed by atoms with Crippen LogP contribution in [0.25, 0.3) is 11.8 Å². The predicted octanol–water partition coefficient (Wildman–Crippen LogP) is 3.90. The van der Waals surface area contributed by atoms with Crippen LogP contribution in [0.1, 0.15) is 22.5 Å². The molecule has 0 bridgehead atoms. The summed E-state index contributed by atoms with van der Waals surface area (Å²) in [5.74, 6) is -0.276. The molecule has 3 aromatic rings. The number of benzene rings is 2. The molecule has 0 atom stereocenters. The molecular formula is C23H21BN2O2S. The first-order valence-electron chi connectivity index (χ1n) is 9.46. The first-order chi connectivity index (χ1) is 13.9. The Morgan fingerprint density at radius 2 is 1.66 bits per heavy atom. The molecule has 4 rings (SSSR count). The van der Waals surface area contributed by atoms with Gasteiger partial charge < -0.3 is 4.57 Å². The summed E-state index contributed by atoms with van der Waals surface area (Å²) in [5, 5.41) is -0.268. The number of thioether (sulfide) groups is 1. The second-order valence-corrected chi connectivity index (χ2v) is 8.28. The van der Waals surface area contributed by atoms with E-state index in [1.54, 1.807) is 12.1 Å². The molecule has 0 unspecified atom stereocenters. The van der Waals surface area contributed by atoms with Crippen molar-refractivity contribution in [1.29, 1.82) is 0 Å². The van der Waals surface area contributed by atoms with Crippen molar-refractivity contribution >= 4 is 48.0 Å². The minimum atomic E-state index is -0.276. The van der Waals surface area contributed by atoms with Crippen molar-refractivity contribution < 1.29 is 9.59 Å². The Bertz CT molecular complexity index is 1170. The molecule has 0 N–H and O–H groups in total. The lowest BCUT2D eigenvalue weighted by atomic mass is 9.91. The number of hydrogen-bond donors (Lipinski definition) is 0. The van der Waals surface area contributed by atoms with Crippen molar-refractivity contribution in [2.24, 2.45) is 0 Å². The van der Waals surface area contributed by atoms with Gasteiger partial charge >= 0.3 is 0 Å². The minimum Gasteiger partial charge on any atom is -0.318 e. The number of hydrogen-bond acceptors (Lipinski definition) is 3. The van der Waals surface area contributed by atoms with Gasteiger partial charge in [0, 0.05) is 17.1 Å². The van der Waals surface area contributed by atoms with E-state index in [1.807, 2.05) is 31.2 Å². The Morgan fingerprint density at radius 1 is 0.931 bits per heavy atom. The Labute approximate surface area is 175 Å². The van der Waals surface area contributed by atoms with Gasteiger partial charge in [0.2, 0.25) is 0 Å². The van der Waals surface area contributed by atoms with Crippen molar-refractivity contribution in [2.75, 3.05) is 4.90 Å². The van der Waals surface area contributed by atoms with E-state index in [0.717, 1.165) is 34.4 Å². The highest BCUT2D eigenvalue weighted by Crippen LogP contribution is 2.36. The van der Waals surface area contributed by atoms with Crippen LogP contribution in [0.15, 0.2) is 59.5 Å². The van der Waals surface area contributed by atoms with Crippen LogP contribution in [0.3, 0.4) is 0 Å². The molecule has 0 radical (unpaired) electrons. The maximum atomic E-state index is 12.9. The molecule has 0 spiro atoms. The number of aryl methyl sites for hydroxylation is 2. The van der Waals surface area contributed by atoms with Crippen LogP contribution < -0.4 is 10.4 Å². The van der Waals surface area contributed by atoms with Crippen molar-refractivity contribution in [3.63, 3.8) is 0 Å². The summed E-state index contributed by atoms with van der Waals surface area (Å²) in [6.07, 6.45) is 1.83. The van der Waals surface area contributed by atoms with Crippen LogP contribution in [-0.4, -0.2) is 23.6 Å². The third-order valence-corrected chi connectivity index (χ3v) is 6.18. The molecule has 1 aromatic heterocycles. The fraction of sp³-hybridized carbons (Fsp3) is 0.130. The van der Waals surface area contributed by atoms with Crippen LogP contribution in [0.4, 0.5) is 10.5 Å². The Morgan fingerprint density at radius 3 is 2.34 bits per heavy atom. The summed E-state index contributed by atoms with van der Waals surface area (Å²) in [7, 11) is 2.10. The molecule has 4 nitrogen and oxygen atoms in total. The van der Waals surface area contributed by atoms with Gasteiger partial charge in [0.1, 0.15) is 7.85 Å². The van der Waals surface area contributed by atoms with Gasteiger partial charge in [0.25, 0.3) is 11.1 Å². The van der Waals surface area contributed by atoms with Gasteiger partial charge in [-0.3, -0.25) is 9.59 Å². The average Bonchev–Trinajstić information content (AvgIpc) is 3.13. The van der Waals surface area contributed by atoms with Crippen LogP contribution in [-0.2, 0) is 4.79 Å². The van der Waals surface area contributed by atoms with Gasteiger partial charge in [-0.25, -0.2) is 4.90 Å². The first-order valence-corrected chi connectivity index (χ1v) is 10.3. The third-order valence-electron chi connectivity index (χ3n) is 5.31. The van der Waals surface area contributed by atoms with E-state index >= 15 is 0 Å². The molecule has 2 heterocycles. The van der Waals surface area contributed by atoms with Crippen molar-refractivity contribution in [3.05, 3.63) is 82.0 Å². The second kappa shape index (κ2) is 7.45. The quantitative estimate of drug-likeness (QED) is 0.495. The number of imide groups is 1. The Kier molecular flexibility index (Phi) is 4.97. The minimum absolute atomic E-state index is 0.268. The molecule has 0 aliphatic carbocycles. The summed E-state index contributed by atoms with van der Waals surface area (Å²) in [6, 6.07) is 17.5. The van der Waals surface area contributed by atoms with Crippen molar-refractivity contribution in [2.45, 2.75) is 20.8 Å². The maximum Gasteiger partial charge on any atom is 0.298 e. The lowest BCUT2D eigenvalue weighted by Crippen LogP contribution is -2.27. The smallest absolute Gasteiger partial charge is 0.298 e. The highest BCUT2D eigenvalue weighted by molar-refractivity contribution is 8.19. The molecule has 6 heteroatoms. The summed E-state index contributed by atoms with van der Waals surface area (Å²) in [4.78, 5) is 27.0. The zero-order chi connectivity index (χ0) is 20.7. The molecule has 2 amide bonds. The molecule has 2 aromatic carbocycles. The lowest BCUT2D eigenvalue weighted by Gasteiger charge is -2.12. The van der Waals surface area contributed by atoms with Crippen LogP contribution in [0.2, 0.25) is 0 Å². The predicted molar refractivity (Wildman–Crippen MR) is 123 cm³/mol. The zero-order valence-corrected chi connectivity index (χ0v) is 17.7. The number of nitrogens with zero attached hydrogens (tertiary/aromatic N) is 2. The van der Waals surface area contributed by atoms with Crippen LogP contribution >= 0.6 is 11.8 Å². The molecule has 1 aliphatic rings. The van der Waals surface area contributed by atoms with Crippen molar-refractivity contribution in [3.8, 4) is 5.69 Å². The molecule has 1 saturated heterocycles. The highest BCUT2D eigenvalue weighted by atomic mass is 32.2. The zero-order valence-electron chi connectivity index (χ0n) is 16.9. The molecule has 1 fully saturated rings. The standard InChI is InChI=1S/C23H21BN2O2S/c1-14-11-19(9-10-20(14)24)25-15(2)12-17(16(25)3)13-21-22(27)26(23(28)29-21)18-7-5-4-6-8-18/h4-13H,24H2,1-3H3. The molecule has 1 aliphatic heterocycles. The van der Waals surface area contributed by atoms with Crippen LogP contribution in [0, 0.1) is 20.8 Å². The molecular weight excluding hydrogens is 379 g/mol. The number of para-hydroxylation sites is 1. The SMILES string of the molecule is Bc1ccc(-n2c(C)cc(C=C3SC(=O)N(c4ccccc4)C3=O)c2C)cc1C. The normalized spacial score (nSPS) is 15.6. The van der Waals surface area contributed by atoms with Gasteiger partial charge in [0.15, 0.2) is 0 Å². The number of carbonyl (C=O) groups excluding carboxylic acids is 2. The van der Waals surface area contributed by atoms with E-state index in [2.05, 4.69) is 50.5 Å². The topological polar surface area (TPSA) is 42.3 Å². The summed E-state index contributed by atoms with van der Waals surface area (Å²) in [6.45, 7) is 6.19. The second-order valence-electron chi connectivity index (χ2n) is 7.28. The van der Waals surface area contributed by atoms with Gasteiger partial charge in [-0.15, -0.1) is 0 Å². The Balaban J connectivity index is 1.71. The Hall–Kier alpha value is -2.99. The largest absolute Gasteiger partial charge is 0.318 e. The fourth-order valence-corrected chi connectivity index (χ4v) is 4.44. The van der Waals surface area contributed by atoms with Crippen LogP contribution in [0.5, 0.6) is 0 Å². The summed E-state index contributed by atoms with van der Waals surface area (Å²) < 4.78 is 2.18. The summed E-state index contributed by atoms with van der Waals surface area (Å²) >= 11 is 0.985. The van der Waals surface area contributed by atoms with Crippen molar-refractivity contribution in [1.82, 2.24) is 4.57 Å². The first kappa shape index (κ1) is 19.3. The highest BCUT2D eigenvalue weighted by Gasteiger charge is 2.36. The van der Waals surface area contributed by atoms with E-state index in [-0.39, 0.29) is 11.1 Å². The van der Waals surface area contributed by atoms with E-state index in [9.17, 15) is 9.59 Å². The lowest BCUT2D eigenvalue weighted by molar-refractivity contribution is -0.113.